The Morgan fingerprint density at radius 1 is 1.41 bits per heavy atom. The van der Waals surface area contributed by atoms with E-state index in [9.17, 15) is 4.79 Å². The van der Waals surface area contributed by atoms with E-state index in [1.807, 2.05) is 11.8 Å². The molecule has 1 fully saturated rings. The van der Waals surface area contributed by atoms with Gasteiger partial charge in [0.2, 0.25) is 5.91 Å². The highest BCUT2D eigenvalue weighted by molar-refractivity contribution is 7.99. The van der Waals surface area contributed by atoms with Gasteiger partial charge in [0.1, 0.15) is 0 Å². The molecule has 0 heterocycles. The van der Waals surface area contributed by atoms with Crippen LogP contribution in [0.15, 0.2) is 0 Å². The van der Waals surface area contributed by atoms with Crippen LogP contribution in [0.25, 0.3) is 0 Å². The molecule has 1 saturated carbocycles. The van der Waals surface area contributed by atoms with E-state index < -0.39 is 0 Å². The summed E-state index contributed by atoms with van der Waals surface area (Å²) in [5.41, 5.74) is 5.68. The van der Waals surface area contributed by atoms with E-state index in [0.717, 1.165) is 6.42 Å². The van der Waals surface area contributed by atoms with E-state index in [1.165, 1.54) is 19.3 Å². The summed E-state index contributed by atoms with van der Waals surface area (Å²) in [4.78, 5) is 12.1. The van der Waals surface area contributed by atoms with Gasteiger partial charge in [0.05, 0.1) is 5.92 Å². The first kappa shape index (κ1) is 14.8. The Bertz CT molecular complexity index is 246. The quantitative estimate of drug-likeness (QED) is 0.793. The molecule has 1 rings (SSSR count). The fourth-order valence-electron chi connectivity index (χ4n) is 2.52. The molecule has 0 aromatic rings. The van der Waals surface area contributed by atoms with E-state index >= 15 is 0 Å². The summed E-state index contributed by atoms with van der Waals surface area (Å²) in [7, 11) is 0. The SMILES string of the molecule is CSC1CCCCC1NC(=O)C(CN)C(C)C. The topological polar surface area (TPSA) is 55.1 Å². The first-order valence-electron chi connectivity index (χ1n) is 6.63. The summed E-state index contributed by atoms with van der Waals surface area (Å²) in [6.45, 7) is 4.56. The van der Waals surface area contributed by atoms with Gasteiger partial charge in [-0.25, -0.2) is 0 Å². The fourth-order valence-corrected chi connectivity index (χ4v) is 3.45. The lowest BCUT2D eigenvalue weighted by atomic mass is 9.91. The minimum absolute atomic E-state index is 0.0422. The number of amides is 1. The smallest absolute Gasteiger partial charge is 0.224 e. The van der Waals surface area contributed by atoms with Gasteiger partial charge in [0.15, 0.2) is 0 Å². The molecule has 0 spiro atoms. The molecule has 0 saturated heterocycles. The van der Waals surface area contributed by atoms with Gasteiger partial charge in [0, 0.05) is 17.8 Å². The predicted octanol–water partition coefficient (Wildman–Crippen LogP) is 2.01. The Morgan fingerprint density at radius 3 is 2.59 bits per heavy atom. The highest BCUT2D eigenvalue weighted by Gasteiger charge is 2.28. The Labute approximate surface area is 109 Å². The second-order valence-electron chi connectivity index (χ2n) is 5.26. The maximum atomic E-state index is 12.1. The van der Waals surface area contributed by atoms with E-state index in [2.05, 4.69) is 25.4 Å². The van der Waals surface area contributed by atoms with E-state index in [4.69, 9.17) is 5.73 Å². The molecule has 3 nitrogen and oxygen atoms in total. The van der Waals surface area contributed by atoms with Crippen LogP contribution in [0, 0.1) is 11.8 Å². The third-order valence-electron chi connectivity index (χ3n) is 3.73. The number of thioether (sulfide) groups is 1. The van der Waals surface area contributed by atoms with Crippen molar-refractivity contribution in [3.05, 3.63) is 0 Å². The van der Waals surface area contributed by atoms with Crippen LogP contribution in [0.2, 0.25) is 0 Å². The first-order chi connectivity index (χ1) is 8.10. The van der Waals surface area contributed by atoms with Gasteiger partial charge in [-0.2, -0.15) is 11.8 Å². The highest BCUT2D eigenvalue weighted by Crippen LogP contribution is 2.27. The molecule has 0 bridgehead atoms. The number of carbonyl (C=O) groups is 1. The van der Waals surface area contributed by atoms with Gasteiger partial charge < -0.3 is 11.1 Å². The summed E-state index contributed by atoms with van der Waals surface area (Å²) in [5, 5.41) is 3.79. The van der Waals surface area contributed by atoms with Crippen molar-refractivity contribution < 1.29 is 4.79 Å². The fraction of sp³-hybridized carbons (Fsp3) is 0.923. The number of hydrogen-bond acceptors (Lipinski definition) is 3. The summed E-state index contributed by atoms with van der Waals surface area (Å²) in [5.74, 6) is 0.421. The van der Waals surface area contributed by atoms with Crippen molar-refractivity contribution in [2.24, 2.45) is 17.6 Å². The van der Waals surface area contributed by atoms with Crippen molar-refractivity contribution in [1.29, 1.82) is 0 Å². The number of hydrogen-bond donors (Lipinski definition) is 2. The molecule has 3 atom stereocenters. The maximum absolute atomic E-state index is 12.1. The highest BCUT2D eigenvalue weighted by atomic mass is 32.2. The van der Waals surface area contributed by atoms with Crippen LogP contribution in [0.3, 0.4) is 0 Å². The zero-order valence-electron chi connectivity index (χ0n) is 11.2. The van der Waals surface area contributed by atoms with Gasteiger partial charge in [-0.05, 0) is 25.0 Å². The molecule has 100 valence electrons. The molecule has 3 unspecified atom stereocenters. The van der Waals surface area contributed by atoms with E-state index in [0.29, 0.717) is 23.8 Å². The van der Waals surface area contributed by atoms with Crippen molar-refractivity contribution in [2.75, 3.05) is 12.8 Å². The summed E-state index contributed by atoms with van der Waals surface area (Å²) in [6.07, 6.45) is 7.01. The van der Waals surface area contributed by atoms with Crippen molar-refractivity contribution in [2.45, 2.75) is 50.8 Å². The maximum Gasteiger partial charge on any atom is 0.224 e. The molecule has 1 aliphatic carbocycles. The van der Waals surface area contributed by atoms with Crippen molar-refractivity contribution >= 4 is 17.7 Å². The molecule has 1 amide bonds. The van der Waals surface area contributed by atoms with Crippen LogP contribution in [0.1, 0.15) is 39.5 Å². The number of carbonyl (C=O) groups excluding carboxylic acids is 1. The third kappa shape index (κ3) is 4.18. The van der Waals surface area contributed by atoms with Gasteiger partial charge in [-0.15, -0.1) is 0 Å². The van der Waals surface area contributed by atoms with Crippen LogP contribution in [0.4, 0.5) is 0 Å². The summed E-state index contributed by atoms with van der Waals surface area (Å²) in [6, 6.07) is 0.346. The summed E-state index contributed by atoms with van der Waals surface area (Å²) >= 11 is 1.88. The van der Waals surface area contributed by atoms with Crippen molar-refractivity contribution in [3.8, 4) is 0 Å². The molecule has 17 heavy (non-hydrogen) atoms. The lowest BCUT2D eigenvalue weighted by Gasteiger charge is -2.32. The molecule has 3 N–H and O–H groups in total. The molecular weight excluding hydrogens is 232 g/mol. The normalized spacial score (nSPS) is 26.9. The van der Waals surface area contributed by atoms with Gasteiger partial charge in [-0.1, -0.05) is 26.7 Å². The van der Waals surface area contributed by atoms with Crippen LogP contribution in [-0.2, 0) is 4.79 Å². The van der Waals surface area contributed by atoms with Gasteiger partial charge in [-0.3, -0.25) is 4.79 Å². The molecule has 0 aliphatic heterocycles. The molecule has 0 radical (unpaired) electrons. The van der Waals surface area contributed by atoms with Crippen molar-refractivity contribution in [1.82, 2.24) is 5.32 Å². The van der Waals surface area contributed by atoms with Crippen LogP contribution in [0.5, 0.6) is 0 Å². The molecule has 1 aliphatic rings. The number of rotatable bonds is 5. The second kappa shape index (κ2) is 7.27. The van der Waals surface area contributed by atoms with E-state index in [-0.39, 0.29) is 11.8 Å². The molecular formula is C13H26N2OS. The zero-order chi connectivity index (χ0) is 12.8. The van der Waals surface area contributed by atoms with Gasteiger partial charge in [0.25, 0.3) is 0 Å². The zero-order valence-corrected chi connectivity index (χ0v) is 12.1. The first-order valence-corrected chi connectivity index (χ1v) is 7.92. The monoisotopic (exact) mass is 258 g/mol. The van der Waals surface area contributed by atoms with Crippen LogP contribution in [-0.4, -0.2) is 30.0 Å². The Balaban J connectivity index is 2.53. The summed E-state index contributed by atoms with van der Waals surface area (Å²) < 4.78 is 0. The standard InChI is InChI=1S/C13H26N2OS/c1-9(2)10(8-14)13(16)15-11-6-4-5-7-12(11)17-3/h9-12H,4-8,14H2,1-3H3,(H,15,16). The number of nitrogens with two attached hydrogens (primary N) is 1. The lowest BCUT2D eigenvalue weighted by molar-refractivity contribution is -0.126. The molecule has 4 heteroatoms. The minimum atomic E-state index is -0.0422. The van der Waals surface area contributed by atoms with Gasteiger partial charge >= 0.3 is 0 Å². The Kier molecular flexibility index (Phi) is 6.34. The largest absolute Gasteiger partial charge is 0.352 e. The second-order valence-corrected chi connectivity index (χ2v) is 6.34. The number of nitrogens with one attached hydrogen (secondary N) is 1. The molecule has 0 aromatic carbocycles. The minimum Gasteiger partial charge on any atom is -0.352 e. The Hall–Kier alpha value is -0.220. The average molecular weight is 258 g/mol. The third-order valence-corrected chi connectivity index (χ3v) is 4.90. The Morgan fingerprint density at radius 2 is 2.06 bits per heavy atom. The van der Waals surface area contributed by atoms with Crippen LogP contribution >= 0.6 is 11.8 Å². The molecule has 0 aromatic heterocycles. The average Bonchev–Trinajstić information content (AvgIpc) is 2.30. The van der Waals surface area contributed by atoms with Crippen molar-refractivity contribution in [3.63, 3.8) is 0 Å². The predicted molar refractivity (Wildman–Crippen MR) is 75.1 cm³/mol. The van der Waals surface area contributed by atoms with E-state index in [1.54, 1.807) is 0 Å². The van der Waals surface area contributed by atoms with Crippen LogP contribution < -0.4 is 11.1 Å². The lowest BCUT2D eigenvalue weighted by Crippen LogP contribution is -2.48.